The number of nitrogens with two attached hydrogens (primary N) is 1. The molecule has 0 aliphatic rings. The molecule has 0 spiro atoms. The summed E-state index contributed by atoms with van der Waals surface area (Å²) in [5.74, 6) is -1.33. The third-order valence-corrected chi connectivity index (χ3v) is 3.36. The van der Waals surface area contributed by atoms with Gasteiger partial charge in [-0.1, -0.05) is 0 Å². The minimum atomic E-state index is -3.52. The molecule has 0 radical (unpaired) electrons. The first-order valence-corrected chi connectivity index (χ1v) is 6.78. The smallest absolute Gasteiger partial charge is 0.355 e. The summed E-state index contributed by atoms with van der Waals surface area (Å²) in [6.07, 6.45) is 0. The quantitative estimate of drug-likeness (QED) is 0.680. The first-order valence-electron chi connectivity index (χ1n) is 4.24. The van der Waals surface area contributed by atoms with Gasteiger partial charge < -0.3 is 10.4 Å². The van der Waals surface area contributed by atoms with Gasteiger partial charge in [0.25, 0.3) is 0 Å². The number of sulfonamides is 1. The lowest BCUT2D eigenvalue weighted by Crippen LogP contribution is -2.22. The second kappa shape index (κ2) is 4.76. The second-order valence-corrected chi connectivity index (χ2v) is 5.96. The molecule has 7 nitrogen and oxygen atoms in total. The number of primary sulfonamides is 1. The standard InChI is InChI=1S/C7H11N3O4S2/c1-4-5(6(11)12)10-7(15-4)9-2-3-16(8,13)14/h2-3H2,1H3,(H,9,10)(H,11,12)(H2,8,13,14). The third kappa shape index (κ3) is 3.76. The van der Waals surface area contributed by atoms with Crippen molar-refractivity contribution in [2.24, 2.45) is 5.14 Å². The largest absolute Gasteiger partial charge is 0.476 e. The van der Waals surface area contributed by atoms with E-state index in [1.807, 2.05) is 0 Å². The van der Waals surface area contributed by atoms with Gasteiger partial charge in [0.2, 0.25) is 10.0 Å². The maximum Gasteiger partial charge on any atom is 0.355 e. The van der Waals surface area contributed by atoms with Crippen LogP contribution in [0.5, 0.6) is 0 Å². The maximum atomic E-state index is 10.7. The van der Waals surface area contributed by atoms with Crippen molar-refractivity contribution in [3.05, 3.63) is 10.6 Å². The Labute approximate surface area is 96.4 Å². The highest BCUT2D eigenvalue weighted by molar-refractivity contribution is 7.89. The van der Waals surface area contributed by atoms with E-state index in [1.165, 1.54) is 0 Å². The molecule has 0 bridgehead atoms. The van der Waals surface area contributed by atoms with Gasteiger partial charge in [0.05, 0.1) is 5.75 Å². The molecular weight excluding hydrogens is 254 g/mol. The van der Waals surface area contributed by atoms with Crippen LogP contribution in [0.1, 0.15) is 15.4 Å². The minimum absolute atomic E-state index is 0.0249. The summed E-state index contributed by atoms with van der Waals surface area (Å²) in [5, 5.41) is 16.6. The van der Waals surface area contributed by atoms with Crippen LogP contribution in [-0.4, -0.2) is 36.8 Å². The van der Waals surface area contributed by atoms with Gasteiger partial charge in [-0.15, -0.1) is 11.3 Å². The molecule has 0 amide bonds. The summed E-state index contributed by atoms with van der Waals surface area (Å²) >= 11 is 1.15. The Morgan fingerprint density at radius 2 is 2.25 bits per heavy atom. The lowest BCUT2D eigenvalue weighted by molar-refractivity contribution is 0.0690. The zero-order valence-electron chi connectivity index (χ0n) is 8.43. The van der Waals surface area contributed by atoms with Gasteiger partial charge in [-0.2, -0.15) is 0 Å². The van der Waals surface area contributed by atoms with Crippen molar-refractivity contribution in [2.45, 2.75) is 6.92 Å². The van der Waals surface area contributed by atoms with Gasteiger partial charge >= 0.3 is 5.97 Å². The van der Waals surface area contributed by atoms with Gasteiger partial charge in [-0.05, 0) is 6.92 Å². The predicted octanol–water partition coefficient (Wildman–Crippen LogP) is -0.150. The molecule has 90 valence electrons. The lowest BCUT2D eigenvalue weighted by Gasteiger charge is -1.99. The van der Waals surface area contributed by atoms with Crippen molar-refractivity contribution in [1.29, 1.82) is 0 Å². The topological polar surface area (TPSA) is 122 Å². The molecule has 0 aliphatic heterocycles. The molecule has 0 unspecified atom stereocenters. The fourth-order valence-corrected chi connectivity index (χ4v) is 2.19. The van der Waals surface area contributed by atoms with Crippen LogP contribution in [0.25, 0.3) is 0 Å². The Kier molecular flexibility index (Phi) is 3.83. The Morgan fingerprint density at radius 1 is 1.62 bits per heavy atom. The van der Waals surface area contributed by atoms with Crippen molar-refractivity contribution < 1.29 is 18.3 Å². The van der Waals surface area contributed by atoms with Crippen LogP contribution in [0.15, 0.2) is 0 Å². The van der Waals surface area contributed by atoms with E-state index in [0.717, 1.165) is 11.3 Å². The number of carbonyl (C=O) groups is 1. The van der Waals surface area contributed by atoms with Crippen LogP contribution in [0.2, 0.25) is 0 Å². The molecule has 0 atom stereocenters. The highest BCUT2D eigenvalue weighted by atomic mass is 32.2. The molecule has 0 fully saturated rings. The molecule has 0 saturated carbocycles. The van der Waals surface area contributed by atoms with Crippen molar-refractivity contribution in [3.63, 3.8) is 0 Å². The van der Waals surface area contributed by atoms with Crippen LogP contribution >= 0.6 is 11.3 Å². The first kappa shape index (κ1) is 12.9. The highest BCUT2D eigenvalue weighted by Gasteiger charge is 2.13. The van der Waals surface area contributed by atoms with E-state index in [1.54, 1.807) is 6.92 Å². The van der Waals surface area contributed by atoms with E-state index >= 15 is 0 Å². The van der Waals surface area contributed by atoms with E-state index in [2.05, 4.69) is 10.3 Å². The number of aryl methyl sites for hydroxylation is 1. The van der Waals surface area contributed by atoms with E-state index in [0.29, 0.717) is 10.0 Å². The number of carboxylic acids is 1. The van der Waals surface area contributed by atoms with Gasteiger partial charge in [0, 0.05) is 11.4 Å². The summed E-state index contributed by atoms with van der Waals surface area (Å²) in [6.45, 7) is 1.73. The summed E-state index contributed by atoms with van der Waals surface area (Å²) in [5.41, 5.74) is -0.0249. The van der Waals surface area contributed by atoms with Crippen molar-refractivity contribution >= 4 is 32.5 Å². The lowest BCUT2D eigenvalue weighted by atomic mass is 10.4. The number of nitrogens with zero attached hydrogens (tertiary/aromatic N) is 1. The van der Waals surface area contributed by atoms with E-state index in [9.17, 15) is 13.2 Å². The minimum Gasteiger partial charge on any atom is -0.476 e. The van der Waals surface area contributed by atoms with Gasteiger partial charge in [0.15, 0.2) is 10.8 Å². The number of carboxylic acid groups (broad SMARTS) is 1. The van der Waals surface area contributed by atoms with Crippen LogP contribution in [0.4, 0.5) is 5.13 Å². The Morgan fingerprint density at radius 3 is 2.69 bits per heavy atom. The number of hydrogen-bond acceptors (Lipinski definition) is 6. The third-order valence-electron chi connectivity index (χ3n) is 1.66. The van der Waals surface area contributed by atoms with Crippen LogP contribution < -0.4 is 10.5 Å². The Bertz CT molecular complexity index is 494. The summed E-state index contributed by atoms with van der Waals surface area (Å²) in [6, 6.07) is 0. The normalized spacial score (nSPS) is 11.4. The molecular formula is C7H11N3O4S2. The average molecular weight is 265 g/mol. The molecule has 0 aliphatic carbocycles. The van der Waals surface area contributed by atoms with Crippen molar-refractivity contribution in [2.75, 3.05) is 17.6 Å². The van der Waals surface area contributed by atoms with Gasteiger partial charge in [-0.25, -0.2) is 23.3 Å². The van der Waals surface area contributed by atoms with Crippen molar-refractivity contribution in [3.8, 4) is 0 Å². The molecule has 0 saturated heterocycles. The molecule has 16 heavy (non-hydrogen) atoms. The second-order valence-electron chi connectivity index (χ2n) is 3.02. The number of aromatic carboxylic acids is 1. The number of anilines is 1. The number of aromatic nitrogens is 1. The number of hydrogen-bond donors (Lipinski definition) is 3. The molecule has 4 N–H and O–H groups in total. The predicted molar refractivity (Wildman–Crippen MR) is 60.3 cm³/mol. The Hall–Kier alpha value is -1.19. The van der Waals surface area contributed by atoms with E-state index < -0.39 is 16.0 Å². The average Bonchev–Trinajstić information content (AvgIpc) is 2.44. The number of nitrogens with one attached hydrogen (secondary N) is 1. The van der Waals surface area contributed by atoms with Crippen LogP contribution in [0, 0.1) is 6.92 Å². The maximum absolute atomic E-state index is 10.7. The van der Waals surface area contributed by atoms with Crippen LogP contribution in [-0.2, 0) is 10.0 Å². The molecule has 1 aromatic rings. The SMILES string of the molecule is Cc1sc(NCCS(N)(=O)=O)nc1C(=O)O. The molecule has 1 heterocycles. The number of thiazole rings is 1. The summed E-state index contributed by atoms with van der Waals surface area (Å²) in [7, 11) is -3.52. The fraction of sp³-hybridized carbons (Fsp3) is 0.429. The van der Waals surface area contributed by atoms with Gasteiger partial charge in [0.1, 0.15) is 0 Å². The van der Waals surface area contributed by atoms with E-state index in [-0.39, 0.29) is 18.0 Å². The zero-order chi connectivity index (χ0) is 12.3. The summed E-state index contributed by atoms with van der Waals surface area (Å²) < 4.78 is 21.3. The first-order chi connectivity index (χ1) is 7.29. The molecule has 9 heteroatoms. The van der Waals surface area contributed by atoms with E-state index in [4.69, 9.17) is 10.2 Å². The summed E-state index contributed by atoms with van der Waals surface area (Å²) in [4.78, 5) is 15.0. The Balaban J connectivity index is 2.62. The number of rotatable bonds is 5. The molecule has 1 rings (SSSR count). The monoisotopic (exact) mass is 265 g/mol. The zero-order valence-corrected chi connectivity index (χ0v) is 10.1. The molecule has 0 aromatic carbocycles. The van der Waals surface area contributed by atoms with Crippen LogP contribution in [0.3, 0.4) is 0 Å². The highest BCUT2D eigenvalue weighted by Crippen LogP contribution is 2.21. The fourth-order valence-electron chi connectivity index (χ4n) is 0.971. The van der Waals surface area contributed by atoms with Gasteiger partial charge in [-0.3, -0.25) is 0 Å². The molecule has 1 aromatic heterocycles. The van der Waals surface area contributed by atoms with Crippen molar-refractivity contribution in [1.82, 2.24) is 4.98 Å².